The number of imidazole rings is 1. The smallest absolute Gasteiger partial charge is 0.141 e. The zero-order chi connectivity index (χ0) is 18.4. The van der Waals surface area contributed by atoms with Crippen molar-refractivity contribution >= 4 is 34.9 Å². The second-order valence-electron chi connectivity index (χ2n) is 5.63. The minimum Gasteiger partial charge on any atom is -0.340 e. The van der Waals surface area contributed by atoms with Crippen molar-refractivity contribution < 1.29 is 0 Å². The molecule has 0 atom stereocenters. The standard InChI is InChI=1S/C18H19N5S3/c1-3-4-6-24-12-26-17-14(9-19)13(16-10-23(2)11-21-16)8-15(22-17)18-20-5-7-25-18/h5,7-8,10-11H,3-4,6,12H2,1-2H3. The molecule has 3 heterocycles. The molecule has 0 radical (unpaired) electrons. The Kier molecular flexibility index (Phi) is 6.72. The van der Waals surface area contributed by atoms with E-state index in [2.05, 4.69) is 23.0 Å². The third-order valence-electron chi connectivity index (χ3n) is 3.65. The van der Waals surface area contributed by atoms with E-state index in [4.69, 9.17) is 4.98 Å². The monoisotopic (exact) mass is 401 g/mol. The fourth-order valence-electron chi connectivity index (χ4n) is 2.35. The lowest BCUT2D eigenvalue weighted by atomic mass is 10.1. The first-order valence-corrected chi connectivity index (χ1v) is 11.3. The Hall–Kier alpha value is -1.82. The highest BCUT2D eigenvalue weighted by molar-refractivity contribution is 8.15. The predicted molar refractivity (Wildman–Crippen MR) is 110 cm³/mol. The van der Waals surface area contributed by atoms with Crippen LogP contribution in [0.1, 0.15) is 25.3 Å². The maximum atomic E-state index is 9.77. The van der Waals surface area contributed by atoms with Gasteiger partial charge in [-0.1, -0.05) is 25.1 Å². The van der Waals surface area contributed by atoms with Gasteiger partial charge >= 0.3 is 0 Å². The van der Waals surface area contributed by atoms with Crippen LogP contribution >= 0.6 is 34.9 Å². The predicted octanol–water partition coefficient (Wildman–Crippen LogP) is 5.06. The van der Waals surface area contributed by atoms with E-state index < -0.39 is 0 Å². The number of hydrogen-bond acceptors (Lipinski definition) is 7. The van der Waals surface area contributed by atoms with E-state index in [9.17, 15) is 5.26 Å². The van der Waals surface area contributed by atoms with Crippen LogP contribution in [0.3, 0.4) is 0 Å². The molecule has 0 saturated carbocycles. The number of aromatic nitrogens is 4. The van der Waals surface area contributed by atoms with E-state index in [1.807, 2.05) is 41.0 Å². The number of thioether (sulfide) groups is 2. The molecule has 0 unspecified atom stereocenters. The summed E-state index contributed by atoms with van der Waals surface area (Å²) in [5.74, 6) is 1.13. The van der Waals surface area contributed by atoms with Crippen LogP contribution in [0.4, 0.5) is 0 Å². The van der Waals surface area contributed by atoms with Gasteiger partial charge in [0.2, 0.25) is 0 Å². The third kappa shape index (κ3) is 4.47. The summed E-state index contributed by atoms with van der Waals surface area (Å²) in [5.41, 5.74) is 2.98. The molecule has 134 valence electrons. The second kappa shape index (κ2) is 9.21. The van der Waals surface area contributed by atoms with Crippen LogP contribution in [0.5, 0.6) is 0 Å². The van der Waals surface area contributed by atoms with Crippen LogP contribution in [-0.2, 0) is 7.05 Å². The number of aryl methyl sites for hydroxylation is 1. The first-order chi connectivity index (χ1) is 12.7. The maximum Gasteiger partial charge on any atom is 0.141 e. The number of rotatable bonds is 8. The summed E-state index contributed by atoms with van der Waals surface area (Å²) < 4.78 is 1.88. The van der Waals surface area contributed by atoms with Crippen LogP contribution in [0.2, 0.25) is 0 Å². The number of nitriles is 1. The fourth-order valence-corrected chi connectivity index (χ4v) is 5.15. The van der Waals surface area contributed by atoms with Gasteiger partial charge in [-0.05, 0) is 18.2 Å². The van der Waals surface area contributed by atoms with Crippen LogP contribution in [0.15, 0.2) is 35.2 Å². The molecule has 0 saturated heterocycles. The average Bonchev–Trinajstić information content (AvgIpc) is 3.32. The first-order valence-electron chi connectivity index (χ1n) is 8.26. The van der Waals surface area contributed by atoms with Crippen molar-refractivity contribution in [2.75, 3.05) is 10.8 Å². The SMILES string of the molecule is CCCCSCSc1nc(-c2nccs2)cc(-c2cn(C)cn2)c1C#N. The zero-order valence-electron chi connectivity index (χ0n) is 14.7. The molecule has 0 amide bonds. The Labute approximate surface area is 165 Å². The van der Waals surface area contributed by atoms with Gasteiger partial charge in [-0.3, -0.25) is 0 Å². The molecule has 8 heteroatoms. The normalized spacial score (nSPS) is 10.8. The Morgan fingerprint density at radius 3 is 2.85 bits per heavy atom. The summed E-state index contributed by atoms with van der Waals surface area (Å²) in [4.78, 5) is 13.5. The summed E-state index contributed by atoms with van der Waals surface area (Å²) >= 11 is 5.05. The van der Waals surface area contributed by atoms with Crippen LogP contribution < -0.4 is 0 Å². The molecule has 0 aliphatic heterocycles. The van der Waals surface area contributed by atoms with Gasteiger partial charge in [-0.2, -0.15) is 17.0 Å². The number of hydrogen-bond donors (Lipinski definition) is 0. The van der Waals surface area contributed by atoms with E-state index in [-0.39, 0.29) is 0 Å². The van der Waals surface area contributed by atoms with Crippen molar-refractivity contribution in [2.45, 2.75) is 24.8 Å². The lowest BCUT2D eigenvalue weighted by Crippen LogP contribution is -1.96. The molecular weight excluding hydrogens is 382 g/mol. The molecule has 5 nitrogen and oxygen atoms in total. The van der Waals surface area contributed by atoms with Crippen LogP contribution in [0.25, 0.3) is 22.0 Å². The summed E-state index contributed by atoms with van der Waals surface area (Å²) in [7, 11) is 1.92. The third-order valence-corrected chi connectivity index (χ3v) is 6.73. The summed E-state index contributed by atoms with van der Waals surface area (Å²) in [6, 6.07) is 4.26. The highest BCUT2D eigenvalue weighted by atomic mass is 32.2. The van der Waals surface area contributed by atoms with Gasteiger partial charge in [0.05, 0.1) is 17.6 Å². The van der Waals surface area contributed by atoms with E-state index in [0.717, 1.165) is 37.8 Å². The molecular formula is C18H19N5S3. The van der Waals surface area contributed by atoms with Crippen molar-refractivity contribution in [3.63, 3.8) is 0 Å². The number of nitrogens with zero attached hydrogens (tertiary/aromatic N) is 5. The van der Waals surface area contributed by atoms with Crippen molar-refractivity contribution in [2.24, 2.45) is 7.05 Å². The van der Waals surface area contributed by atoms with Crippen LogP contribution in [0, 0.1) is 11.3 Å². The minimum atomic E-state index is 0.588. The molecule has 26 heavy (non-hydrogen) atoms. The number of unbranched alkanes of at least 4 members (excludes halogenated alkanes) is 1. The Morgan fingerprint density at radius 1 is 1.31 bits per heavy atom. The van der Waals surface area contributed by atoms with Crippen LogP contribution in [-0.4, -0.2) is 30.4 Å². The quantitative estimate of drug-likeness (QED) is 0.298. The molecule has 3 aromatic heterocycles. The highest BCUT2D eigenvalue weighted by Crippen LogP contribution is 2.35. The lowest BCUT2D eigenvalue weighted by molar-refractivity contribution is 0.897. The van der Waals surface area contributed by atoms with Gasteiger partial charge < -0.3 is 4.57 Å². The molecule has 0 spiro atoms. The van der Waals surface area contributed by atoms with Gasteiger partial charge in [0.15, 0.2) is 0 Å². The number of pyridine rings is 1. The largest absolute Gasteiger partial charge is 0.340 e. The fraction of sp³-hybridized carbons (Fsp3) is 0.333. The van der Waals surface area contributed by atoms with Gasteiger partial charge in [0.1, 0.15) is 21.8 Å². The molecule has 3 aromatic rings. The summed E-state index contributed by atoms with van der Waals surface area (Å²) in [5, 5.41) is 14.2. The molecule has 0 aliphatic rings. The van der Waals surface area contributed by atoms with Gasteiger partial charge in [0.25, 0.3) is 0 Å². The first kappa shape index (κ1) is 19.0. The van der Waals surface area contributed by atoms with Gasteiger partial charge in [0, 0.05) is 35.5 Å². The second-order valence-corrected chi connectivity index (χ2v) is 8.96. The Balaban J connectivity index is 1.98. The van der Waals surface area contributed by atoms with Crippen molar-refractivity contribution in [3.8, 4) is 28.0 Å². The molecule has 0 bridgehead atoms. The molecule has 0 aliphatic carbocycles. The van der Waals surface area contributed by atoms with Gasteiger partial charge in [-0.15, -0.1) is 11.3 Å². The Morgan fingerprint density at radius 2 is 2.19 bits per heavy atom. The van der Waals surface area contributed by atoms with Crippen molar-refractivity contribution in [3.05, 3.63) is 35.7 Å². The lowest BCUT2D eigenvalue weighted by Gasteiger charge is -2.09. The van der Waals surface area contributed by atoms with E-state index in [0.29, 0.717) is 5.56 Å². The van der Waals surface area contributed by atoms with E-state index >= 15 is 0 Å². The highest BCUT2D eigenvalue weighted by Gasteiger charge is 2.18. The summed E-state index contributed by atoms with van der Waals surface area (Å²) in [6.07, 6.45) is 7.85. The minimum absolute atomic E-state index is 0.588. The topological polar surface area (TPSA) is 67.4 Å². The van der Waals surface area contributed by atoms with Gasteiger partial charge in [-0.25, -0.2) is 15.0 Å². The van der Waals surface area contributed by atoms with Crippen molar-refractivity contribution in [1.82, 2.24) is 19.5 Å². The molecule has 3 rings (SSSR count). The zero-order valence-corrected chi connectivity index (χ0v) is 17.1. The van der Waals surface area contributed by atoms with E-state index in [1.54, 1.807) is 35.6 Å². The molecule has 0 fully saturated rings. The van der Waals surface area contributed by atoms with E-state index in [1.165, 1.54) is 12.8 Å². The Bertz CT molecular complexity index is 896. The number of thiazole rings is 1. The van der Waals surface area contributed by atoms with Crippen molar-refractivity contribution in [1.29, 1.82) is 5.26 Å². The maximum absolute atomic E-state index is 9.77. The molecule has 0 N–H and O–H groups in total. The molecule has 0 aromatic carbocycles. The summed E-state index contributed by atoms with van der Waals surface area (Å²) in [6.45, 7) is 2.19. The average molecular weight is 402 g/mol.